The number of amides is 1. The molecule has 2 unspecified atom stereocenters. The van der Waals surface area contributed by atoms with E-state index in [2.05, 4.69) is 39.3 Å². The van der Waals surface area contributed by atoms with Crippen LogP contribution in [0.1, 0.15) is 48.7 Å². The van der Waals surface area contributed by atoms with Gasteiger partial charge in [0.1, 0.15) is 5.82 Å². The van der Waals surface area contributed by atoms with Crippen molar-refractivity contribution in [3.05, 3.63) is 89.9 Å². The number of carbonyl (C=O) groups excluding carboxylic acids is 1. The summed E-state index contributed by atoms with van der Waals surface area (Å²) >= 11 is 0. The highest BCUT2D eigenvalue weighted by atomic mass is 19.1. The van der Waals surface area contributed by atoms with Crippen molar-refractivity contribution in [2.45, 2.75) is 38.1 Å². The number of halogens is 1. The first-order valence-corrected chi connectivity index (χ1v) is 13.5. The van der Waals surface area contributed by atoms with Gasteiger partial charge >= 0.3 is 0 Å². The predicted octanol–water partition coefficient (Wildman–Crippen LogP) is 6.45. The first-order chi connectivity index (χ1) is 18.5. The van der Waals surface area contributed by atoms with E-state index in [0.717, 1.165) is 50.4 Å². The van der Waals surface area contributed by atoms with Crippen molar-refractivity contribution < 1.29 is 13.7 Å². The topological polar surface area (TPSA) is 61.6 Å². The molecule has 1 aromatic heterocycles. The summed E-state index contributed by atoms with van der Waals surface area (Å²) in [5.41, 5.74) is 3.91. The van der Waals surface area contributed by atoms with Gasteiger partial charge in [-0.1, -0.05) is 49.2 Å². The van der Waals surface area contributed by atoms with Gasteiger partial charge in [0.2, 0.25) is 0 Å². The molecule has 1 N–H and O–H groups in total. The lowest BCUT2D eigenvalue weighted by Gasteiger charge is -2.52. The molecule has 1 amide bonds. The van der Waals surface area contributed by atoms with Gasteiger partial charge < -0.3 is 14.7 Å². The highest BCUT2D eigenvalue weighted by Crippen LogP contribution is 2.45. The fourth-order valence-electron chi connectivity index (χ4n) is 6.43. The van der Waals surface area contributed by atoms with E-state index in [-0.39, 0.29) is 17.3 Å². The summed E-state index contributed by atoms with van der Waals surface area (Å²) in [5, 5.41) is 7.78. The second-order valence-corrected chi connectivity index (χ2v) is 10.7. The SMILES string of the molecule is CC1CCCC(c2cccc(NC(=O)c3noc4ccccc34)c2)(N2CCN(c3ccc(F)cc3)CC2)C1. The Labute approximate surface area is 222 Å². The Morgan fingerprint density at radius 1 is 1.03 bits per heavy atom. The molecule has 1 saturated heterocycles. The molecule has 196 valence electrons. The third-order valence-corrected chi connectivity index (χ3v) is 8.30. The van der Waals surface area contributed by atoms with Gasteiger partial charge in [-0.3, -0.25) is 9.69 Å². The molecule has 1 saturated carbocycles. The number of anilines is 2. The molecule has 4 aromatic rings. The molecule has 0 spiro atoms. The minimum atomic E-state index is -0.272. The summed E-state index contributed by atoms with van der Waals surface area (Å²) in [6, 6.07) is 22.5. The smallest absolute Gasteiger partial charge is 0.278 e. The highest BCUT2D eigenvalue weighted by molar-refractivity contribution is 6.10. The average Bonchev–Trinajstić information content (AvgIpc) is 3.38. The van der Waals surface area contributed by atoms with Gasteiger partial charge in [0.05, 0.1) is 5.39 Å². The van der Waals surface area contributed by atoms with Crippen LogP contribution in [0.3, 0.4) is 0 Å². The fraction of sp³-hybridized carbons (Fsp3) is 0.355. The Kier molecular flexibility index (Phi) is 6.62. The number of para-hydroxylation sites is 1. The van der Waals surface area contributed by atoms with Crippen LogP contribution >= 0.6 is 0 Å². The van der Waals surface area contributed by atoms with Crippen LogP contribution in [0.2, 0.25) is 0 Å². The zero-order valence-electron chi connectivity index (χ0n) is 21.7. The molecule has 0 bridgehead atoms. The quantitative estimate of drug-likeness (QED) is 0.333. The second kappa shape index (κ2) is 10.2. The molecule has 1 aliphatic carbocycles. The lowest BCUT2D eigenvalue weighted by Crippen LogP contribution is -2.57. The molecule has 6 rings (SSSR count). The van der Waals surface area contributed by atoms with Crippen LogP contribution in [-0.2, 0) is 5.54 Å². The molecular formula is C31H33FN4O2. The third-order valence-electron chi connectivity index (χ3n) is 8.30. The maximum Gasteiger partial charge on any atom is 0.278 e. The molecule has 38 heavy (non-hydrogen) atoms. The Morgan fingerprint density at radius 2 is 1.82 bits per heavy atom. The number of nitrogens with one attached hydrogen (secondary N) is 1. The van der Waals surface area contributed by atoms with Gasteiger partial charge in [-0.2, -0.15) is 0 Å². The van der Waals surface area contributed by atoms with Gasteiger partial charge in [0.25, 0.3) is 5.91 Å². The first-order valence-electron chi connectivity index (χ1n) is 13.5. The average molecular weight is 513 g/mol. The third kappa shape index (κ3) is 4.67. The van der Waals surface area contributed by atoms with Gasteiger partial charge in [-0.25, -0.2) is 4.39 Å². The van der Waals surface area contributed by atoms with Crippen molar-refractivity contribution in [2.24, 2.45) is 5.92 Å². The lowest BCUT2D eigenvalue weighted by molar-refractivity contribution is 0.0243. The van der Waals surface area contributed by atoms with Crippen molar-refractivity contribution >= 4 is 28.3 Å². The first kappa shape index (κ1) is 24.6. The molecule has 2 heterocycles. The number of hydrogen-bond donors (Lipinski definition) is 1. The van der Waals surface area contributed by atoms with Crippen LogP contribution in [0.25, 0.3) is 11.0 Å². The van der Waals surface area contributed by atoms with E-state index in [1.54, 1.807) is 0 Å². The maximum absolute atomic E-state index is 13.4. The van der Waals surface area contributed by atoms with E-state index < -0.39 is 0 Å². The maximum atomic E-state index is 13.4. The van der Waals surface area contributed by atoms with E-state index >= 15 is 0 Å². The minimum Gasteiger partial charge on any atom is -0.369 e. The number of aromatic nitrogens is 1. The van der Waals surface area contributed by atoms with Crippen LogP contribution in [0.5, 0.6) is 0 Å². The summed E-state index contributed by atoms with van der Waals surface area (Å²) in [5.74, 6) is 0.149. The van der Waals surface area contributed by atoms with Gasteiger partial charge in [0, 0.05) is 43.1 Å². The molecule has 3 aromatic carbocycles. The second-order valence-electron chi connectivity index (χ2n) is 10.7. The van der Waals surface area contributed by atoms with E-state index in [0.29, 0.717) is 22.6 Å². The van der Waals surface area contributed by atoms with Crippen LogP contribution in [-0.4, -0.2) is 42.1 Å². The Balaban J connectivity index is 1.24. The molecular weight excluding hydrogens is 479 g/mol. The van der Waals surface area contributed by atoms with E-state index in [4.69, 9.17) is 4.52 Å². The number of benzene rings is 3. The summed E-state index contributed by atoms with van der Waals surface area (Å²) in [7, 11) is 0. The zero-order chi connectivity index (χ0) is 26.1. The molecule has 7 heteroatoms. The standard InChI is InChI=1S/C31H33FN4O2/c1-22-6-5-15-31(21-22,36-18-16-35(17-19-36)26-13-11-24(32)12-14-26)23-7-4-8-25(20-23)33-30(37)29-27-9-2-3-10-28(27)38-34-29/h2-4,7-14,20,22H,5-6,15-19,21H2,1H3,(H,33,37). The molecule has 2 aliphatic rings. The van der Waals surface area contributed by atoms with Crippen molar-refractivity contribution in [1.29, 1.82) is 0 Å². The van der Waals surface area contributed by atoms with Crippen molar-refractivity contribution in [2.75, 3.05) is 36.4 Å². The van der Waals surface area contributed by atoms with E-state index in [9.17, 15) is 9.18 Å². The summed E-state index contributed by atoms with van der Waals surface area (Å²) in [6.07, 6.45) is 4.61. The Hall–Kier alpha value is -3.71. The predicted molar refractivity (Wildman–Crippen MR) is 148 cm³/mol. The molecule has 2 fully saturated rings. The largest absolute Gasteiger partial charge is 0.369 e. The number of hydrogen-bond acceptors (Lipinski definition) is 5. The summed E-state index contributed by atoms with van der Waals surface area (Å²) in [6.45, 7) is 6.02. The number of piperazine rings is 1. The minimum absolute atomic E-state index is 0.0755. The monoisotopic (exact) mass is 512 g/mol. The fourth-order valence-corrected chi connectivity index (χ4v) is 6.43. The molecule has 1 aliphatic heterocycles. The van der Waals surface area contributed by atoms with Crippen molar-refractivity contribution in [3.8, 4) is 0 Å². The zero-order valence-corrected chi connectivity index (χ0v) is 21.7. The van der Waals surface area contributed by atoms with Crippen molar-refractivity contribution in [3.63, 3.8) is 0 Å². The van der Waals surface area contributed by atoms with Gasteiger partial charge in [-0.05, 0) is 72.9 Å². The van der Waals surface area contributed by atoms with E-state index in [1.165, 1.54) is 30.5 Å². The highest BCUT2D eigenvalue weighted by Gasteiger charge is 2.42. The molecule has 6 nitrogen and oxygen atoms in total. The number of rotatable bonds is 5. The molecule has 0 radical (unpaired) electrons. The van der Waals surface area contributed by atoms with E-state index in [1.807, 2.05) is 48.5 Å². The number of nitrogens with zero attached hydrogens (tertiary/aromatic N) is 3. The number of carbonyl (C=O) groups is 1. The van der Waals surface area contributed by atoms with Crippen LogP contribution in [0, 0.1) is 11.7 Å². The summed E-state index contributed by atoms with van der Waals surface area (Å²) < 4.78 is 18.8. The Morgan fingerprint density at radius 3 is 2.61 bits per heavy atom. The van der Waals surface area contributed by atoms with Crippen LogP contribution in [0.15, 0.2) is 77.3 Å². The lowest BCUT2D eigenvalue weighted by atomic mass is 9.71. The van der Waals surface area contributed by atoms with Crippen LogP contribution < -0.4 is 10.2 Å². The van der Waals surface area contributed by atoms with Gasteiger partial charge in [-0.15, -0.1) is 0 Å². The summed E-state index contributed by atoms with van der Waals surface area (Å²) in [4.78, 5) is 18.1. The Bertz CT molecular complexity index is 1430. The van der Waals surface area contributed by atoms with Crippen molar-refractivity contribution in [1.82, 2.24) is 10.1 Å². The number of fused-ring (bicyclic) bond motifs is 1. The molecule has 2 atom stereocenters. The van der Waals surface area contributed by atoms with Gasteiger partial charge in [0.15, 0.2) is 11.3 Å². The van der Waals surface area contributed by atoms with Crippen LogP contribution in [0.4, 0.5) is 15.8 Å². The normalized spacial score (nSPS) is 22.5.